The molecule has 0 spiro atoms. The first kappa shape index (κ1) is 26.8. The van der Waals surface area contributed by atoms with Crippen LogP contribution >= 0.6 is 0 Å². The number of amides is 2. The van der Waals surface area contributed by atoms with Crippen molar-refractivity contribution in [1.82, 2.24) is 15.2 Å². The molecule has 5 nitrogen and oxygen atoms in total. The Morgan fingerprint density at radius 1 is 0.946 bits per heavy atom. The maximum Gasteiger partial charge on any atom is 0.419 e. The molecular weight excluding hydrogens is 514 g/mol. The van der Waals surface area contributed by atoms with Gasteiger partial charge in [-0.1, -0.05) is 0 Å². The third-order valence-electron chi connectivity index (χ3n) is 6.64. The van der Waals surface area contributed by atoms with E-state index < -0.39 is 70.6 Å². The minimum atomic E-state index is -5.11. The molecule has 1 N–H and O–H groups in total. The van der Waals surface area contributed by atoms with Crippen LogP contribution in [0.25, 0.3) is 0 Å². The highest BCUT2D eigenvalue weighted by Gasteiger charge is 2.44. The summed E-state index contributed by atoms with van der Waals surface area (Å²) in [6.45, 7) is 1.61. The first-order valence-corrected chi connectivity index (χ1v) is 11.4. The highest BCUT2D eigenvalue weighted by Crippen LogP contribution is 2.43. The maximum atomic E-state index is 14.7. The smallest absolute Gasteiger partial charge is 0.347 e. The van der Waals surface area contributed by atoms with Crippen molar-refractivity contribution in [3.8, 4) is 0 Å². The van der Waals surface area contributed by atoms with Gasteiger partial charge in [-0.05, 0) is 56.7 Å². The first-order valence-electron chi connectivity index (χ1n) is 11.4. The first-order chi connectivity index (χ1) is 17.2. The molecule has 2 heterocycles. The number of hydrogen-bond acceptors (Lipinski definition) is 3. The fourth-order valence-corrected chi connectivity index (χ4v) is 4.59. The molecule has 2 aliphatic rings. The highest BCUT2D eigenvalue weighted by molar-refractivity contribution is 5.98. The van der Waals surface area contributed by atoms with Gasteiger partial charge in [-0.15, -0.1) is 0 Å². The van der Waals surface area contributed by atoms with E-state index in [4.69, 9.17) is 0 Å². The van der Waals surface area contributed by atoms with Gasteiger partial charge >= 0.3 is 12.4 Å². The number of nitrogens with zero attached hydrogens (tertiary/aromatic N) is 2. The topological polar surface area (TPSA) is 62.3 Å². The van der Waals surface area contributed by atoms with Crippen molar-refractivity contribution in [3.05, 3.63) is 64.5 Å². The summed E-state index contributed by atoms with van der Waals surface area (Å²) < 4.78 is 107. The molecule has 2 fully saturated rings. The monoisotopic (exact) mass is 535 g/mol. The highest BCUT2D eigenvalue weighted by atomic mass is 19.4. The Labute approximate surface area is 205 Å². The number of aromatic nitrogens is 1. The van der Waals surface area contributed by atoms with Crippen molar-refractivity contribution in [2.24, 2.45) is 5.92 Å². The second kappa shape index (κ2) is 9.56. The molecular formula is C24H21F8N3O2. The molecule has 1 aliphatic heterocycles. The number of carbonyl (C=O) groups excluding carboxylic acids is 2. The molecule has 1 aliphatic carbocycles. The molecule has 2 aromatic rings. The third kappa shape index (κ3) is 5.54. The summed E-state index contributed by atoms with van der Waals surface area (Å²) in [7, 11) is 0. The summed E-state index contributed by atoms with van der Waals surface area (Å²) in [5, 5.41) is 2.54. The molecule has 1 aromatic heterocycles. The molecule has 37 heavy (non-hydrogen) atoms. The Balaban J connectivity index is 1.59. The molecule has 4 rings (SSSR count). The fourth-order valence-electron chi connectivity index (χ4n) is 4.59. The van der Waals surface area contributed by atoms with Crippen LogP contribution in [0.15, 0.2) is 30.6 Å². The molecule has 200 valence electrons. The predicted molar refractivity (Wildman–Crippen MR) is 113 cm³/mol. The quantitative estimate of drug-likeness (QED) is 0.503. The molecule has 1 saturated heterocycles. The number of nitrogens with one attached hydrogen (secondary N) is 1. The third-order valence-corrected chi connectivity index (χ3v) is 6.64. The summed E-state index contributed by atoms with van der Waals surface area (Å²) in [5.41, 5.74) is -3.74. The Bertz CT molecular complexity index is 1210. The van der Waals surface area contributed by atoms with Crippen molar-refractivity contribution >= 4 is 11.8 Å². The van der Waals surface area contributed by atoms with Gasteiger partial charge in [0, 0.05) is 24.0 Å². The SMILES string of the molecule is C[C@@H]1CC[C@H](C(=O)N[C@@H](c2cc(F)c(C(F)(F)F)cc2F)C2CC2)N1C(=O)c1cncc(C(F)(F)F)c1. The van der Waals surface area contributed by atoms with E-state index in [9.17, 15) is 44.7 Å². The Hall–Kier alpha value is -3.25. The normalized spacial score (nSPS) is 21.2. The zero-order valence-electron chi connectivity index (χ0n) is 19.3. The lowest BCUT2D eigenvalue weighted by atomic mass is 9.98. The van der Waals surface area contributed by atoms with Gasteiger partial charge in [0.1, 0.15) is 17.7 Å². The molecule has 0 radical (unpaired) electrons. The summed E-state index contributed by atoms with van der Waals surface area (Å²) in [5.74, 6) is -5.02. The van der Waals surface area contributed by atoms with E-state index in [1.165, 1.54) is 0 Å². The van der Waals surface area contributed by atoms with Crippen LogP contribution in [0.2, 0.25) is 0 Å². The van der Waals surface area contributed by atoms with Crippen LogP contribution in [-0.2, 0) is 17.1 Å². The lowest BCUT2D eigenvalue weighted by Gasteiger charge is -2.30. The van der Waals surface area contributed by atoms with Crippen molar-refractivity contribution < 1.29 is 44.7 Å². The van der Waals surface area contributed by atoms with Crippen LogP contribution in [-0.4, -0.2) is 33.8 Å². The number of rotatable bonds is 5. The Morgan fingerprint density at radius 2 is 1.62 bits per heavy atom. The number of carbonyl (C=O) groups is 2. The lowest BCUT2D eigenvalue weighted by molar-refractivity contribution is -0.140. The van der Waals surface area contributed by atoms with Crippen LogP contribution in [0, 0.1) is 17.6 Å². The van der Waals surface area contributed by atoms with Crippen LogP contribution in [0.3, 0.4) is 0 Å². The number of pyridine rings is 1. The fraction of sp³-hybridized carbons (Fsp3) is 0.458. The Kier molecular flexibility index (Phi) is 6.93. The maximum absolute atomic E-state index is 14.7. The second-order valence-electron chi connectivity index (χ2n) is 9.29. The zero-order valence-corrected chi connectivity index (χ0v) is 19.3. The van der Waals surface area contributed by atoms with Crippen LogP contribution in [0.5, 0.6) is 0 Å². The molecule has 0 bridgehead atoms. The molecule has 3 atom stereocenters. The van der Waals surface area contributed by atoms with E-state index in [0.29, 0.717) is 37.6 Å². The lowest BCUT2D eigenvalue weighted by Crippen LogP contribution is -2.49. The van der Waals surface area contributed by atoms with Gasteiger partial charge in [0.25, 0.3) is 5.91 Å². The molecule has 13 heteroatoms. The number of alkyl halides is 6. The number of hydrogen-bond donors (Lipinski definition) is 1. The standard InChI is InChI=1S/C24H21F8N3O2/c1-11-2-5-19(35(11)22(37)13-6-14(10-33-9-13)23(27,28)29)21(36)34-20(12-3-4-12)15-7-18(26)16(8-17(15)25)24(30,31)32/h6-12,19-20H,2-5H2,1H3,(H,34,36)/t11-,19-,20-/m1/s1. The van der Waals surface area contributed by atoms with E-state index in [1.54, 1.807) is 6.92 Å². The minimum absolute atomic E-state index is 0.0420. The van der Waals surface area contributed by atoms with Crippen LogP contribution in [0.4, 0.5) is 35.1 Å². The summed E-state index contributed by atoms with van der Waals surface area (Å²) >= 11 is 0. The number of halogens is 8. The van der Waals surface area contributed by atoms with E-state index in [0.717, 1.165) is 11.1 Å². The predicted octanol–water partition coefficient (Wildman–Crippen LogP) is 5.66. The van der Waals surface area contributed by atoms with Crippen LogP contribution < -0.4 is 5.32 Å². The van der Waals surface area contributed by atoms with E-state index in [2.05, 4.69) is 10.3 Å². The number of benzene rings is 1. The van der Waals surface area contributed by atoms with E-state index >= 15 is 0 Å². The molecule has 1 saturated carbocycles. The van der Waals surface area contributed by atoms with Gasteiger partial charge in [-0.25, -0.2) is 8.78 Å². The zero-order chi connectivity index (χ0) is 27.3. The van der Waals surface area contributed by atoms with Crippen molar-refractivity contribution in [2.75, 3.05) is 0 Å². The summed E-state index contributed by atoms with van der Waals surface area (Å²) in [4.78, 5) is 30.9. The minimum Gasteiger partial charge on any atom is -0.347 e. The van der Waals surface area contributed by atoms with Gasteiger partial charge < -0.3 is 10.2 Å². The van der Waals surface area contributed by atoms with Gasteiger partial charge in [-0.3, -0.25) is 14.6 Å². The number of likely N-dealkylation sites (tertiary alicyclic amines) is 1. The van der Waals surface area contributed by atoms with Crippen molar-refractivity contribution in [3.63, 3.8) is 0 Å². The van der Waals surface area contributed by atoms with E-state index in [1.807, 2.05) is 0 Å². The van der Waals surface area contributed by atoms with Gasteiger partial charge in [0.05, 0.1) is 22.7 Å². The molecule has 2 amide bonds. The van der Waals surface area contributed by atoms with Gasteiger partial charge in [-0.2, -0.15) is 26.3 Å². The van der Waals surface area contributed by atoms with Crippen molar-refractivity contribution in [2.45, 2.75) is 63.1 Å². The van der Waals surface area contributed by atoms with Gasteiger partial charge in [0.2, 0.25) is 5.91 Å². The average Bonchev–Trinajstić information content (AvgIpc) is 3.58. The molecule has 1 aromatic carbocycles. The second-order valence-corrected chi connectivity index (χ2v) is 9.29. The van der Waals surface area contributed by atoms with Gasteiger partial charge in [0.15, 0.2) is 0 Å². The largest absolute Gasteiger partial charge is 0.419 e. The van der Waals surface area contributed by atoms with Crippen LogP contribution in [0.1, 0.15) is 65.7 Å². The summed E-state index contributed by atoms with van der Waals surface area (Å²) in [6, 6.07) is -1.73. The van der Waals surface area contributed by atoms with Crippen molar-refractivity contribution in [1.29, 1.82) is 0 Å². The summed E-state index contributed by atoms with van der Waals surface area (Å²) in [6.07, 6.45) is -6.84. The van der Waals surface area contributed by atoms with E-state index in [-0.39, 0.29) is 24.0 Å². The molecule has 0 unspecified atom stereocenters. The Morgan fingerprint density at radius 3 is 2.22 bits per heavy atom. The average molecular weight is 535 g/mol.